The summed E-state index contributed by atoms with van der Waals surface area (Å²) in [5.74, 6) is 1.09. The molecule has 2 heterocycles. The molecule has 2 aromatic rings. The molecule has 1 N–H and O–H groups in total. The first-order chi connectivity index (χ1) is 9.60. The van der Waals surface area contributed by atoms with E-state index in [-0.39, 0.29) is 5.69 Å². The Hall–Kier alpha value is -2.15. The number of nitrogens with zero attached hydrogens (tertiary/aromatic N) is 3. The predicted octanol–water partition coefficient (Wildman–Crippen LogP) is 2.77. The second kappa shape index (κ2) is 6.33. The third-order valence-corrected chi connectivity index (χ3v) is 3.86. The summed E-state index contributed by atoms with van der Waals surface area (Å²) >= 11 is 1.71. The number of nitro groups is 1. The Balaban J connectivity index is 2.13. The molecule has 0 spiro atoms. The van der Waals surface area contributed by atoms with Crippen molar-refractivity contribution in [3.8, 4) is 0 Å². The summed E-state index contributed by atoms with van der Waals surface area (Å²) in [6.07, 6.45) is 0.896. The van der Waals surface area contributed by atoms with Crippen molar-refractivity contribution in [3.05, 3.63) is 44.6 Å². The third kappa shape index (κ3) is 3.45. The number of anilines is 2. The number of rotatable bonds is 6. The molecule has 0 aromatic carbocycles. The Morgan fingerprint density at radius 1 is 1.50 bits per heavy atom. The van der Waals surface area contributed by atoms with Gasteiger partial charge < -0.3 is 10.2 Å². The lowest BCUT2D eigenvalue weighted by molar-refractivity contribution is -0.384. The molecule has 0 aliphatic heterocycles. The minimum absolute atomic E-state index is 0.0438. The lowest BCUT2D eigenvalue weighted by atomic mass is 10.3. The van der Waals surface area contributed by atoms with Gasteiger partial charge in [-0.25, -0.2) is 4.98 Å². The average Bonchev–Trinajstić information content (AvgIpc) is 2.97. The Kier molecular flexibility index (Phi) is 4.52. The van der Waals surface area contributed by atoms with Gasteiger partial charge in [0, 0.05) is 25.5 Å². The van der Waals surface area contributed by atoms with E-state index in [1.54, 1.807) is 18.4 Å². The largest absolute Gasteiger partial charge is 0.373 e. The summed E-state index contributed by atoms with van der Waals surface area (Å²) in [5, 5.41) is 15.8. The van der Waals surface area contributed by atoms with Crippen LogP contribution in [0, 0.1) is 10.1 Å². The molecular formula is C13H16N4O2S. The van der Waals surface area contributed by atoms with Gasteiger partial charge >= 0.3 is 0 Å². The maximum atomic E-state index is 10.9. The summed E-state index contributed by atoms with van der Waals surface area (Å²) in [5.41, 5.74) is 0.0438. The van der Waals surface area contributed by atoms with Crippen LogP contribution in [0.5, 0.6) is 0 Å². The SMILES string of the molecule is CNc1cc([N+](=O)[O-])cc(N(C)CCc2cccs2)n1. The van der Waals surface area contributed by atoms with Crippen LogP contribution in [0.25, 0.3) is 0 Å². The molecule has 106 valence electrons. The summed E-state index contributed by atoms with van der Waals surface area (Å²) in [7, 11) is 3.58. The molecule has 0 saturated carbocycles. The molecule has 0 radical (unpaired) electrons. The van der Waals surface area contributed by atoms with E-state index in [9.17, 15) is 10.1 Å². The van der Waals surface area contributed by atoms with Crippen molar-refractivity contribution in [2.75, 3.05) is 30.9 Å². The van der Waals surface area contributed by atoms with Gasteiger partial charge in [-0.15, -0.1) is 11.3 Å². The fourth-order valence-electron chi connectivity index (χ4n) is 1.78. The van der Waals surface area contributed by atoms with Gasteiger partial charge in [0.1, 0.15) is 11.6 Å². The Morgan fingerprint density at radius 2 is 2.30 bits per heavy atom. The van der Waals surface area contributed by atoms with Crippen molar-refractivity contribution in [3.63, 3.8) is 0 Å². The number of pyridine rings is 1. The zero-order valence-corrected chi connectivity index (χ0v) is 12.2. The molecule has 2 rings (SSSR count). The molecule has 0 fully saturated rings. The van der Waals surface area contributed by atoms with Gasteiger partial charge in [0.15, 0.2) is 0 Å². The normalized spacial score (nSPS) is 10.3. The molecule has 0 aliphatic rings. The smallest absolute Gasteiger partial charge is 0.276 e. The van der Waals surface area contributed by atoms with E-state index in [0.29, 0.717) is 11.6 Å². The maximum Gasteiger partial charge on any atom is 0.276 e. The topological polar surface area (TPSA) is 71.3 Å². The van der Waals surface area contributed by atoms with Gasteiger partial charge in [0.05, 0.1) is 17.1 Å². The Bertz CT molecular complexity index is 586. The molecule has 0 amide bonds. The fourth-order valence-corrected chi connectivity index (χ4v) is 2.48. The van der Waals surface area contributed by atoms with Crippen molar-refractivity contribution in [1.82, 2.24) is 4.98 Å². The van der Waals surface area contributed by atoms with E-state index in [4.69, 9.17) is 0 Å². The number of hydrogen-bond donors (Lipinski definition) is 1. The third-order valence-electron chi connectivity index (χ3n) is 2.93. The lowest BCUT2D eigenvalue weighted by Gasteiger charge is -2.18. The number of likely N-dealkylation sites (N-methyl/N-ethyl adjacent to an activating group) is 1. The number of hydrogen-bond acceptors (Lipinski definition) is 6. The minimum atomic E-state index is -0.404. The second-order valence-electron chi connectivity index (χ2n) is 4.33. The Morgan fingerprint density at radius 3 is 2.90 bits per heavy atom. The van der Waals surface area contributed by atoms with Gasteiger partial charge in [-0.2, -0.15) is 0 Å². The summed E-state index contributed by atoms with van der Waals surface area (Å²) in [6, 6.07) is 7.02. The fraction of sp³-hybridized carbons (Fsp3) is 0.308. The molecule has 6 nitrogen and oxygen atoms in total. The molecule has 0 unspecified atom stereocenters. The molecule has 7 heteroatoms. The summed E-state index contributed by atoms with van der Waals surface area (Å²) < 4.78 is 0. The van der Waals surface area contributed by atoms with Crippen LogP contribution in [0.15, 0.2) is 29.6 Å². The van der Waals surface area contributed by atoms with Gasteiger partial charge in [0.25, 0.3) is 5.69 Å². The predicted molar refractivity (Wildman–Crippen MR) is 81.7 cm³/mol. The average molecular weight is 292 g/mol. The highest BCUT2D eigenvalue weighted by atomic mass is 32.1. The highest BCUT2D eigenvalue weighted by molar-refractivity contribution is 7.09. The first-order valence-electron chi connectivity index (χ1n) is 6.18. The first kappa shape index (κ1) is 14.3. The van der Waals surface area contributed by atoms with E-state index >= 15 is 0 Å². The highest BCUT2D eigenvalue weighted by Crippen LogP contribution is 2.22. The van der Waals surface area contributed by atoms with Crippen LogP contribution in [-0.4, -0.2) is 30.5 Å². The summed E-state index contributed by atoms with van der Waals surface area (Å²) in [4.78, 5) is 18.1. The van der Waals surface area contributed by atoms with Crippen molar-refractivity contribution >= 4 is 28.7 Å². The molecule has 0 aliphatic carbocycles. The van der Waals surface area contributed by atoms with Crippen molar-refractivity contribution in [1.29, 1.82) is 0 Å². The van der Waals surface area contributed by atoms with Crippen molar-refractivity contribution in [2.45, 2.75) is 6.42 Å². The molecule has 2 aromatic heterocycles. The van der Waals surface area contributed by atoms with Gasteiger partial charge in [0.2, 0.25) is 0 Å². The van der Waals surface area contributed by atoms with Gasteiger partial charge in [-0.3, -0.25) is 10.1 Å². The molecular weight excluding hydrogens is 276 g/mol. The number of nitrogens with one attached hydrogen (secondary N) is 1. The zero-order chi connectivity index (χ0) is 14.5. The van der Waals surface area contributed by atoms with Crippen LogP contribution >= 0.6 is 11.3 Å². The monoisotopic (exact) mass is 292 g/mol. The van der Waals surface area contributed by atoms with Crippen molar-refractivity contribution in [2.24, 2.45) is 0 Å². The first-order valence-corrected chi connectivity index (χ1v) is 7.06. The summed E-state index contributed by atoms with van der Waals surface area (Å²) in [6.45, 7) is 0.762. The highest BCUT2D eigenvalue weighted by Gasteiger charge is 2.13. The zero-order valence-electron chi connectivity index (χ0n) is 11.4. The molecule has 0 atom stereocenters. The lowest BCUT2D eigenvalue weighted by Crippen LogP contribution is -2.21. The van der Waals surface area contributed by atoms with Crippen LogP contribution < -0.4 is 10.2 Å². The van der Waals surface area contributed by atoms with E-state index in [1.807, 2.05) is 23.4 Å². The van der Waals surface area contributed by atoms with Gasteiger partial charge in [-0.05, 0) is 17.9 Å². The van der Waals surface area contributed by atoms with Crippen LogP contribution in [0.3, 0.4) is 0 Å². The van der Waals surface area contributed by atoms with Crippen LogP contribution in [-0.2, 0) is 6.42 Å². The van der Waals surface area contributed by atoms with Crippen LogP contribution in [0.4, 0.5) is 17.3 Å². The van der Waals surface area contributed by atoms with E-state index in [1.165, 1.54) is 17.0 Å². The molecule has 0 bridgehead atoms. The van der Waals surface area contributed by atoms with Crippen LogP contribution in [0.2, 0.25) is 0 Å². The Labute approximate surface area is 121 Å². The number of thiophene rings is 1. The molecule has 0 saturated heterocycles. The molecule has 20 heavy (non-hydrogen) atoms. The van der Waals surface area contributed by atoms with Crippen molar-refractivity contribution < 1.29 is 4.92 Å². The number of aromatic nitrogens is 1. The quantitative estimate of drug-likeness (QED) is 0.655. The standard InChI is InChI=1S/C13H16N4O2S/c1-14-12-8-10(17(18)19)9-13(15-12)16(2)6-5-11-4-3-7-20-11/h3-4,7-9H,5-6H2,1-2H3,(H,14,15). The van der Waals surface area contributed by atoms with Crippen LogP contribution in [0.1, 0.15) is 4.88 Å². The minimum Gasteiger partial charge on any atom is -0.373 e. The van der Waals surface area contributed by atoms with E-state index < -0.39 is 4.92 Å². The maximum absolute atomic E-state index is 10.9. The van der Waals surface area contributed by atoms with Gasteiger partial charge in [-0.1, -0.05) is 6.07 Å². The van der Waals surface area contributed by atoms with E-state index in [2.05, 4.69) is 16.4 Å². The van der Waals surface area contributed by atoms with E-state index in [0.717, 1.165) is 13.0 Å². The second-order valence-corrected chi connectivity index (χ2v) is 5.36.